The van der Waals surface area contributed by atoms with Gasteiger partial charge in [-0.25, -0.2) is 8.78 Å². The van der Waals surface area contributed by atoms with Gasteiger partial charge in [0.25, 0.3) is 0 Å². The second-order valence-corrected chi connectivity index (χ2v) is 9.00. The topological polar surface area (TPSA) is 40.5 Å². The molecule has 0 spiro atoms. The Kier molecular flexibility index (Phi) is 5.56. The van der Waals surface area contributed by atoms with E-state index < -0.39 is 28.8 Å². The van der Waals surface area contributed by atoms with E-state index in [0.29, 0.717) is 44.7 Å². The summed E-state index contributed by atoms with van der Waals surface area (Å²) in [6.07, 6.45) is -2.94. The second kappa shape index (κ2) is 7.83. The minimum atomic E-state index is -5.03. The summed E-state index contributed by atoms with van der Waals surface area (Å²) >= 11 is 0. The Balaban J connectivity index is 1.79. The zero-order valence-corrected chi connectivity index (χ0v) is 17.6. The average Bonchev–Trinajstić information content (AvgIpc) is 3.06. The van der Waals surface area contributed by atoms with E-state index in [4.69, 9.17) is 0 Å². The highest BCUT2D eigenvalue weighted by Gasteiger charge is 2.55. The van der Waals surface area contributed by atoms with Gasteiger partial charge >= 0.3 is 12.1 Å². The second-order valence-electron chi connectivity index (χ2n) is 9.00. The number of alkyl halides is 4. The number of hydrogen-bond donors (Lipinski definition) is 1. The van der Waals surface area contributed by atoms with Crippen LogP contribution in [0.2, 0.25) is 0 Å². The maximum absolute atomic E-state index is 14.6. The molecular weight excluding hydrogens is 429 g/mol. The molecule has 1 aliphatic carbocycles. The molecule has 32 heavy (non-hydrogen) atoms. The maximum Gasteiger partial charge on any atom is 0.426 e. The van der Waals surface area contributed by atoms with Crippen molar-refractivity contribution in [2.45, 2.75) is 55.9 Å². The highest BCUT2D eigenvalue weighted by atomic mass is 19.4. The molecule has 0 amide bonds. The van der Waals surface area contributed by atoms with Crippen LogP contribution in [0.5, 0.6) is 0 Å². The molecular formula is C24H24F5NO2. The van der Waals surface area contributed by atoms with E-state index in [1.165, 1.54) is 24.3 Å². The standard InChI is InChI=1S/C24H24F5NO2/c1-22(26,24(27,28)29)17-5-8-19-16(12-17)4-9-20-23(19,10-11-30(20)14-21(31)32)13-15-2-6-18(25)7-3-15/h2-3,5-8,12,20H,4,9-11,13-14H2,1H3,(H,31,32)/t20-,22?,23-/m1/s1. The number of fused-ring (bicyclic) bond motifs is 3. The van der Waals surface area contributed by atoms with Crippen LogP contribution < -0.4 is 0 Å². The molecule has 2 aliphatic rings. The first-order chi connectivity index (χ1) is 14.9. The number of hydrogen-bond acceptors (Lipinski definition) is 2. The number of aliphatic carboxylic acids is 1. The van der Waals surface area contributed by atoms with Crippen LogP contribution in [0.3, 0.4) is 0 Å². The molecule has 2 aromatic carbocycles. The van der Waals surface area contributed by atoms with Gasteiger partial charge in [0.1, 0.15) is 5.82 Å². The molecule has 3 nitrogen and oxygen atoms in total. The number of nitrogens with zero attached hydrogens (tertiary/aromatic N) is 1. The van der Waals surface area contributed by atoms with E-state index >= 15 is 0 Å². The third kappa shape index (κ3) is 3.78. The Morgan fingerprint density at radius 2 is 1.84 bits per heavy atom. The Hall–Kier alpha value is -2.48. The fraction of sp³-hybridized carbons (Fsp3) is 0.458. The average molecular weight is 453 g/mol. The van der Waals surface area contributed by atoms with Gasteiger partial charge in [-0.3, -0.25) is 9.69 Å². The summed E-state index contributed by atoms with van der Waals surface area (Å²) in [5.74, 6) is -1.31. The van der Waals surface area contributed by atoms with E-state index in [1.807, 2.05) is 4.90 Å². The number of carboxylic acid groups (broad SMARTS) is 1. The molecule has 8 heteroatoms. The van der Waals surface area contributed by atoms with E-state index in [0.717, 1.165) is 11.1 Å². The number of likely N-dealkylation sites (tertiary alicyclic amines) is 1. The molecule has 1 saturated heterocycles. The first-order valence-corrected chi connectivity index (χ1v) is 10.5. The van der Waals surface area contributed by atoms with Gasteiger partial charge in [-0.05, 0) is 73.5 Å². The van der Waals surface area contributed by atoms with Crippen molar-refractivity contribution in [2.24, 2.45) is 0 Å². The molecule has 1 heterocycles. The summed E-state index contributed by atoms with van der Waals surface area (Å²) in [6.45, 7) is 0.932. The van der Waals surface area contributed by atoms with Crippen LogP contribution in [-0.4, -0.2) is 41.3 Å². The fourth-order valence-electron chi connectivity index (χ4n) is 5.45. The van der Waals surface area contributed by atoms with Crippen LogP contribution in [0.1, 0.15) is 42.0 Å². The summed E-state index contributed by atoms with van der Waals surface area (Å²) < 4.78 is 67.8. The normalized spacial score (nSPS) is 25.1. The summed E-state index contributed by atoms with van der Waals surface area (Å²) in [5, 5.41) is 9.33. The van der Waals surface area contributed by atoms with E-state index in [-0.39, 0.29) is 18.4 Å². The molecule has 0 bridgehead atoms. The number of benzene rings is 2. The number of carboxylic acids is 1. The van der Waals surface area contributed by atoms with Crippen molar-refractivity contribution in [1.29, 1.82) is 0 Å². The Labute approximate surface area is 182 Å². The predicted octanol–water partition coefficient (Wildman–Crippen LogP) is 5.16. The Morgan fingerprint density at radius 3 is 2.47 bits per heavy atom. The highest BCUT2D eigenvalue weighted by molar-refractivity contribution is 5.69. The molecule has 1 unspecified atom stereocenters. The lowest BCUT2D eigenvalue weighted by Crippen LogP contribution is -2.48. The number of carbonyl (C=O) groups is 1. The molecule has 0 radical (unpaired) electrons. The number of aryl methyl sites for hydroxylation is 1. The fourth-order valence-corrected chi connectivity index (χ4v) is 5.45. The van der Waals surface area contributed by atoms with E-state index in [2.05, 4.69) is 0 Å². The van der Waals surface area contributed by atoms with Gasteiger partial charge in [0.2, 0.25) is 5.67 Å². The van der Waals surface area contributed by atoms with Crippen molar-refractivity contribution in [3.8, 4) is 0 Å². The van der Waals surface area contributed by atoms with E-state index in [9.17, 15) is 31.9 Å². The summed E-state index contributed by atoms with van der Waals surface area (Å²) in [5.41, 5.74) is -2.09. The Bertz CT molecular complexity index is 1020. The quantitative estimate of drug-likeness (QED) is 0.636. The number of halogens is 5. The zero-order valence-electron chi connectivity index (χ0n) is 17.6. The van der Waals surface area contributed by atoms with Gasteiger partial charge in [-0.2, -0.15) is 13.2 Å². The lowest BCUT2D eigenvalue weighted by atomic mass is 9.63. The van der Waals surface area contributed by atoms with Crippen LogP contribution >= 0.6 is 0 Å². The zero-order chi connectivity index (χ0) is 23.3. The lowest BCUT2D eigenvalue weighted by molar-refractivity contribution is -0.228. The molecule has 1 aliphatic heterocycles. The Morgan fingerprint density at radius 1 is 1.16 bits per heavy atom. The van der Waals surface area contributed by atoms with Crippen LogP contribution in [0.4, 0.5) is 22.0 Å². The van der Waals surface area contributed by atoms with Crippen molar-refractivity contribution in [2.75, 3.05) is 13.1 Å². The number of rotatable bonds is 5. The van der Waals surface area contributed by atoms with Crippen molar-refractivity contribution in [3.63, 3.8) is 0 Å². The highest BCUT2D eigenvalue weighted by Crippen LogP contribution is 2.50. The lowest BCUT2D eigenvalue weighted by Gasteiger charge is -2.44. The monoisotopic (exact) mass is 453 g/mol. The molecule has 2 aromatic rings. The smallest absolute Gasteiger partial charge is 0.426 e. The van der Waals surface area contributed by atoms with Crippen molar-refractivity contribution >= 4 is 5.97 Å². The van der Waals surface area contributed by atoms with Crippen LogP contribution in [0, 0.1) is 5.82 Å². The molecule has 172 valence electrons. The van der Waals surface area contributed by atoms with Gasteiger partial charge in [-0.1, -0.05) is 30.3 Å². The van der Waals surface area contributed by atoms with Crippen molar-refractivity contribution in [1.82, 2.24) is 4.90 Å². The van der Waals surface area contributed by atoms with Gasteiger partial charge in [0, 0.05) is 11.5 Å². The van der Waals surface area contributed by atoms with Crippen LogP contribution in [0.25, 0.3) is 0 Å². The summed E-state index contributed by atoms with van der Waals surface area (Å²) in [4.78, 5) is 13.3. The van der Waals surface area contributed by atoms with Gasteiger partial charge in [-0.15, -0.1) is 0 Å². The minimum Gasteiger partial charge on any atom is -0.480 e. The van der Waals surface area contributed by atoms with Gasteiger partial charge in [0.05, 0.1) is 6.54 Å². The molecule has 0 aromatic heterocycles. The third-order valence-corrected chi connectivity index (χ3v) is 7.10. The maximum atomic E-state index is 14.6. The molecule has 1 fully saturated rings. The third-order valence-electron chi connectivity index (χ3n) is 7.10. The largest absolute Gasteiger partial charge is 0.480 e. The van der Waals surface area contributed by atoms with Crippen LogP contribution in [-0.2, 0) is 28.7 Å². The van der Waals surface area contributed by atoms with Gasteiger partial charge < -0.3 is 5.11 Å². The van der Waals surface area contributed by atoms with Gasteiger partial charge in [0.15, 0.2) is 0 Å². The molecule has 3 atom stereocenters. The van der Waals surface area contributed by atoms with E-state index in [1.54, 1.807) is 18.2 Å². The first kappa shape index (κ1) is 22.7. The first-order valence-electron chi connectivity index (χ1n) is 10.5. The predicted molar refractivity (Wildman–Crippen MR) is 109 cm³/mol. The summed E-state index contributed by atoms with van der Waals surface area (Å²) in [7, 11) is 0. The van der Waals surface area contributed by atoms with Crippen molar-refractivity contribution < 1.29 is 31.9 Å². The molecule has 1 N–H and O–H groups in total. The van der Waals surface area contributed by atoms with Crippen molar-refractivity contribution in [3.05, 3.63) is 70.5 Å². The SMILES string of the molecule is CC(F)(c1ccc2c(c1)CC[C@H]1N(CC(=O)O)CC[C@@]21Cc1ccc(F)cc1)C(F)(F)F. The van der Waals surface area contributed by atoms with Crippen LogP contribution in [0.15, 0.2) is 42.5 Å². The minimum absolute atomic E-state index is 0.124. The molecule has 4 rings (SSSR count). The molecule has 0 saturated carbocycles. The summed E-state index contributed by atoms with van der Waals surface area (Å²) in [6, 6.07) is 10.0.